The number of hydrogen-bond donors (Lipinski definition) is 1. The minimum atomic E-state index is -0.0439. The van der Waals surface area contributed by atoms with Gasteiger partial charge in [0.05, 0.1) is 5.52 Å². The number of H-pyrrole nitrogens is 1. The predicted octanol–water partition coefficient (Wildman–Crippen LogP) is 2.44. The van der Waals surface area contributed by atoms with Crippen molar-refractivity contribution >= 4 is 33.5 Å². The number of fused-ring (bicyclic) bond motifs is 1. The van der Waals surface area contributed by atoms with E-state index < -0.39 is 0 Å². The van der Waals surface area contributed by atoms with E-state index in [1.54, 1.807) is 6.07 Å². The molecule has 0 radical (unpaired) electrons. The van der Waals surface area contributed by atoms with E-state index in [4.69, 9.17) is 0 Å². The summed E-state index contributed by atoms with van der Waals surface area (Å²) in [6.07, 6.45) is 0. The number of hydrogen-bond acceptors (Lipinski definition) is 1. The van der Waals surface area contributed by atoms with Crippen LogP contribution >= 0.6 is 22.6 Å². The van der Waals surface area contributed by atoms with Crippen molar-refractivity contribution in [3.8, 4) is 0 Å². The molecule has 13 heavy (non-hydrogen) atoms. The van der Waals surface area contributed by atoms with Crippen molar-refractivity contribution < 1.29 is 0 Å². The first-order valence-electron chi connectivity index (χ1n) is 3.96. The van der Waals surface area contributed by atoms with Crippen molar-refractivity contribution in [2.45, 2.75) is 6.92 Å². The van der Waals surface area contributed by atoms with Crippen LogP contribution in [0.2, 0.25) is 0 Å². The van der Waals surface area contributed by atoms with E-state index in [1.165, 1.54) is 3.57 Å². The monoisotopic (exact) mass is 285 g/mol. The number of aromatic amines is 1. The van der Waals surface area contributed by atoms with Crippen LogP contribution in [0, 0.1) is 10.5 Å². The summed E-state index contributed by atoms with van der Waals surface area (Å²) < 4.78 is 1.17. The molecule has 1 aromatic heterocycles. The zero-order valence-corrected chi connectivity index (χ0v) is 9.25. The van der Waals surface area contributed by atoms with Crippen LogP contribution in [0.4, 0.5) is 0 Å². The van der Waals surface area contributed by atoms with Crippen molar-refractivity contribution in [1.29, 1.82) is 0 Å². The highest BCUT2D eigenvalue weighted by molar-refractivity contribution is 14.1. The van der Waals surface area contributed by atoms with Gasteiger partial charge in [0.25, 0.3) is 0 Å². The molecule has 0 spiro atoms. The molecule has 66 valence electrons. The van der Waals surface area contributed by atoms with E-state index in [0.29, 0.717) is 0 Å². The van der Waals surface area contributed by atoms with Gasteiger partial charge in [-0.3, -0.25) is 4.79 Å². The van der Waals surface area contributed by atoms with Gasteiger partial charge in [-0.15, -0.1) is 0 Å². The van der Waals surface area contributed by atoms with Gasteiger partial charge >= 0.3 is 0 Å². The molecule has 0 fully saturated rings. The highest BCUT2D eigenvalue weighted by Crippen LogP contribution is 2.19. The summed E-state index contributed by atoms with van der Waals surface area (Å²) in [4.78, 5) is 13.9. The maximum atomic E-state index is 11.1. The maximum absolute atomic E-state index is 11.1. The Balaban J connectivity index is 2.97. The largest absolute Gasteiger partial charge is 0.322 e. The molecule has 1 heterocycles. The van der Waals surface area contributed by atoms with Gasteiger partial charge in [0, 0.05) is 9.64 Å². The second kappa shape index (κ2) is 3.14. The van der Waals surface area contributed by atoms with E-state index in [-0.39, 0.29) is 5.56 Å². The fourth-order valence-electron chi connectivity index (χ4n) is 1.34. The van der Waals surface area contributed by atoms with Gasteiger partial charge in [0.2, 0.25) is 5.56 Å². The molecule has 1 aromatic carbocycles. The lowest BCUT2D eigenvalue weighted by Gasteiger charge is -2.02. The van der Waals surface area contributed by atoms with Gasteiger partial charge in [-0.25, -0.2) is 0 Å². The minimum absolute atomic E-state index is 0.0439. The van der Waals surface area contributed by atoms with Gasteiger partial charge in [-0.2, -0.15) is 0 Å². The standard InChI is InChI=1S/C10H8INO/c1-6-8(11)4-2-7-3-5-9(13)12-10(6)7/h2-5H,1H3,(H,12,13). The molecule has 2 rings (SSSR count). The Morgan fingerprint density at radius 3 is 2.69 bits per heavy atom. The topological polar surface area (TPSA) is 32.9 Å². The molecule has 0 saturated heterocycles. The van der Waals surface area contributed by atoms with Crippen LogP contribution in [-0.4, -0.2) is 4.98 Å². The van der Waals surface area contributed by atoms with Crippen LogP contribution in [0.5, 0.6) is 0 Å². The summed E-state index contributed by atoms with van der Waals surface area (Å²) >= 11 is 2.26. The lowest BCUT2D eigenvalue weighted by Crippen LogP contribution is -2.03. The summed E-state index contributed by atoms with van der Waals surface area (Å²) in [5.41, 5.74) is 2.04. The zero-order valence-electron chi connectivity index (χ0n) is 7.10. The number of rotatable bonds is 0. The molecule has 0 bridgehead atoms. The Labute approximate surface area is 89.1 Å². The Morgan fingerprint density at radius 1 is 1.23 bits per heavy atom. The highest BCUT2D eigenvalue weighted by atomic mass is 127. The Morgan fingerprint density at radius 2 is 1.92 bits per heavy atom. The number of aromatic nitrogens is 1. The third-order valence-electron chi connectivity index (χ3n) is 2.09. The fourth-order valence-corrected chi connectivity index (χ4v) is 1.79. The van der Waals surface area contributed by atoms with Crippen LogP contribution in [0.1, 0.15) is 5.56 Å². The summed E-state index contributed by atoms with van der Waals surface area (Å²) in [6.45, 7) is 2.01. The SMILES string of the molecule is Cc1c(I)ccc2ccc(=O)[nH]c12. The quantitative estimate of drug-likeness (QED) is 0.741. The number of pyridine rings is 1. The smallest absolute Gasteiger partial charge is 0.248 e. The van der Waals surface area contributed by atoms with E-state index >= 15 is 0 Å². The number of benzene rings is 1. The average molecular weight is 285 g/mol. The molecular formula is C10H8INO. The van der Waals surface area contributed by atoms with Crippen LogP contribution in [-0.2, 0) is 0 Å². The molecule has 0 aliphatic heterocycles. The fraction of sp³-hybridized carbons (Fsp3) is 0.100. The molecule has 0 aliphatic carbocycles. The zero-order chi connectivity index (χ0) is 9.42. The van der Waals surface area contributed by atoms with E-state index in [2.05, 4.69) is 33.6 Å². The molecule has 2 aromatic rings. The highest BCUT2D eigenvalue weighted by Gasteiger charge is 2.00. The van der Waals surface area contributed by atoms with Gasteiger partial charge in [0.1, 0.15) is 0 Å². The molecule has 0 atom stereocenters. The van der Waals surface area contributed by atoms with Crippen molar-refractivity contribution in [3.05, 3.63) is 43.8 Å². The van der Waals surface area contributed by atoms with E-state index in [9.17, 15) is 4.79 Å². The molecule has 2 nitrogen and oxygen atoms in total. The molecule has 3 heteroatoms. The maximum Gasteiger partial charge on any atom is 0.248 e. The molecule has 0 aliphatic rings. The summed E-state index contributed by atoms with van der Waals surface area (Å²) in [5, 5.41) is 1.08. The van der Waals surface area contributed by atoms with E-state index in [0.717, 1.165) is 16.5 Å². The van der Waals surface area contributed by atoms with Crippen molar-refractivity contribution in [3.63, 3.8) is 0 Å². The molecule has 0 saturated carbocycles. The lowest BCUT2D eigenvalue weighted by atomic mass is 10.1. The van der Waals surface area contributed by atoms with Gasteiger partial charge in [-0.1, -0.05) is 6.07 Å². The van der Waals surface area contributed by atoms with Crippen molar-refractivity contribution in [2.75, 3.05) is 0 Å². The first-order chi connectivity index (χ1) is 6.18. The van der Waals surface area contributed by atoms with Crippen molar-refractivity contribution in [2.24, 2.45) is 0 Å². The summed E-state index contributed by atoms with van der Waals surface area (Å²) in [5.74, 6) is 0. The lowest BCUT2D eigenvalue weighted by molar-refractivity contribution is 1.28. The van der Waals surface area contributed by atoms with Crippen LogP contribution < -0.4 is 5.56 Å². The Bertz CT molecular complexity index is 516. The van der Waals surface area contributed by atoms with E-state index in [1.807, 2.05) is 19.1 Å². The first kappa shape index (κ1) is 8.74. The van der Waals surface area contributed by atoms with Gasteiger partial charge in [0.15, 0.2) is 0 Å². The van der Waals surface area contributed by atoms with Gasteiger partial charge in [-0.05, 0) is 52.6 Å². The molecule has 0 amide bonds. The Hall–Kier alpha value is -0.840. The Kier molecular flexibility index (Phi) is 2.11. The third-order valence-corrected chi connectivity index (χ3v) is 3.26. The summed E-state index contributed by atoms with van der Waals surface area (Å²) in [6, 6.07) is 7.46. The third kappa shape index (κ3) is 1.48. The second-order valence-electron chi connectivity index (χ2n) is 2.96. The first-order valence-corrected chi connectivity index (χ1v) is 5.04. The van der Waals surface area contributed by atoms with Crippen LogP contribution in [0.3, 0.4) is 0 Å². The van der Waals surface area contributed by atoms with Crippen LogP contribution in [0.25, 0.3) is 10.9 Å². The molecular weight excluding hydrogens is 277 g/mol. The second-order valence-corrected chi connectivity index (χ2v) is 4.12. The minimum Gasteiger partial charge on any atom is -0.322 e. The molecule has 0 unspecified atom stereocenters. The van der Waals surface area contributed by atoms with Gasteiger partial charge < -0.3 is 4.98 Å². The van der Waals surface area contributed by atoms with Crippen LogP contribution in [0.15, 0.2) is 29.1 Å². The summed E-state index contributed by atoms with van der Waals surface area (Å²) in [7, 11) is 0. The number of aryl methyl sites for hydroxylation is 1. The molecule has 1 N–H and O–H groups in total. The van der Waals surface area contributed by atoms with Crippen molar-refractivity contribution in [1.82, 2.24) is 4.98 Å². The predicted molar refractivity (Wildman–Crippen MR) is 62.0 cm³/mol. The number of nitrogens with one attached hydrogen (secondary N) is 1. The normalized spacial score (nSPS) is 10.6. The number of halogens is 1. The average Bonchev–Trinajstić information content (AvgIpc) is 2.12.